The van der Waals surface area contributed by atoms with Crippen molar-refractivity contribution >= 4 is 0 Å². The molecule has 0 radical (unpaired) electrons. The van der Waals surface area contributed by atoms with Crippen LogP contribution in [0.3, 0.4) is 0 Å². The minimum absolute atomic E-state index is 0.243. The van der Waals surface area contributed by atoms with Gasteiger partial charge in [-0.05, 0) is 32.0 Å². The summed E-state index contributed by atoms with van der Waals surface area (Å²) in [5.74, 6) is 0. The third kappa shape index (κ3) is 3.09. The lowest BCUT2D eigenvalue weighted by Gasteiger charge is -2.44. The SMILES string of the molecule is CN(CCc1ccccn1)C1(CN)CCCCC1. The fourth-order valence-corrected chi connectivity index (χ4v) is 3.02. The second-order valence-corrected chi connectivity index (χ2v) is 5.48. The third-order valence-electron chi connectivity index (χ3n) is 4.40. The topological polar surface area (TPSA) is 42.2 Å². The molecule has 2 N–H and O–H groups in total. The van der Waals surface area contributed by atoms with E-state index >= 15 is 0 Å². The van der Waals surface area contributed by atoms with E-state index in [9.17, 15) is 0 Å². The molecule has 1 heterocycles. The smallest absolute Gasteiger partial charge is 0.0416 e. The van der Waals surface area contributed by atoms with Crippen LogP contribution in [-0.4, -0.2) is 35.6 Å². The van der Waals surface area contributed by atoms with Gasteiger partial charge in [0.2, 0.25) is 0 Å². The molecule has 0 bridgehead atoms. The maximum absolute atomic E-state index is 6.05. The highest BCUT2D eigenvalue weighted by atomic mass is 15.2. The second-order valence-electron chi connectivity index (χ2n) is 5.48. The first-order chi connectivity index (χ1) is 8.77. The molecule has 0 aliphatic heterocycles. The van der Waals surface area contributed by atoms with Crippen molar-refractivity contribution in [3.63, 3.8) is 0 Å². The van der Waals surface area contributed by atoms with E-state index in [0.29, 0.717) is 0 Å². The molecule has 0 atom stereocenters. The molecule has 2 rings (SSSR count). The molecule has 0 amide bonds. The van der Waals surface area contributed by atoms with Gasteiger partial charge in [0.1, 0.15) is 0 Å². The van der Waals surface area contributed by atoms with Crippen LogP contribution in [0.2, 0.25) is 0 Å². The highest BCUT2D eigenvalue weighted by Crippen LogP contribution is 2.32. The summed E-state index contributed by atoms with van der Waals surface area (Å²) < 4.78 is 0. The number of hydrogen-bond donors (Lipinski definition) is 1. The van der Waals surface area contributed by atoms with Crippen LogP contribution in [0.5, 0.6) is 0 Å². The highest BCUT2D eigenvalue weighted by Gasteiger charge is 2.34. The molecule has 1 saturated carbocycles. The largest absolute Gasteiger partial charge is 0.329 e. The number of likely N-dealkylation sites (N-methyl/N-ethyl adjacent to an activating group) is 1. The Balaban J connectivity index is 1.91. The van der Waals surface area contributed by atoms with Crippen LogP contribution in [0.15, 0.2) is 24.4 Å². The average Bonchev–Trinajstić information content (AvgIpc) is 2.46. The Bertz CT molecular complexity index is 344. The van der Waals surface area contributed by atoms with Crippen LogP contribution in [0.1, 0.15) is 37.8 Å². The van der Waals surface area contributed by atoms with Crippen molar-refractivity contribution in [3.05, 3.63) is 30.1 Å². The van der Waals surface area contributed by atoms with Gasteiger partial charge in [-0.3, -0.25) is 9.88 Å². The predicted octanol–water partition coefficient (Wildman–Crippen LogP) is 2.22. The zero-order valence-corrected chi connectivity index (χ0v) is 11.4. The molecular formula is C15H25N3. The summed E-state index contributed by atoms with van der Waals surface area (Å²) in [4.78, 5) is 6.86. The molecule has 1 aromatic heterocycles. The maximum Gasteiger partial charge on any atom is 0.0416 e. The Morgan fingerprint density at radius 1 is 1.28 bits per heavy atom. The summed E-state index contributed by atoms with van der Waals surface area (Å²) >= 11 is 0. The molecule has 1 aliphatic carbocycles. The van der Waals surface area contributed by atoms with Crippen LogP contribution in [-0.2, 0) is 6.42 Å². The van der Waals surface area contributed by atoms with Crippen molar-refractivity contribution in [2.75, 3.05) is 20.1 Å². The molecule has 0 aromatic carbocycles. The van der Waals surface area contributed by atoms with Crippen LogP contribution in [0.25, 0.3) is 0 Å². The first-order valence-corrected chi connectivity index (χ1v) is 7.08. The van der Waals surface area contributed by atoms with Gasteiger partial charge in [-0.25, -0.2) is 0 Å². The number of pyridine rings is 1. The van der Waals surface area contributed by atoms with Gasteiger partial charge in [0.25, 0.3) is 0 Å². The van der Waals surface area contributed by atoms with Crippen molar-refractivity contribution in [1.29, 1.82) is 0 Å². The molecule has 1 aromatic rings. The van der Waals surface area contributed by atoms with E-state index in [-0.39, 0.29) is 5.54 Å². The zero-order valence-electron chi connectivity index (χ0n) is 11.4. The minimum Gasteiger partial charge on any atom is -0.329 e. The van der Waals surface area contributed by atoms with E-state index in [0.717, 1.165) is 19.5 Å². The molecule has 0 spiro atoms. The standard InChI is InChI=1S/C15H25N3/c1-18(12-8-14-7-3-6-11-17-14)15(13-16)9-4-2-5-10-15/h3,6-7,11H,2,4-5,8-10,12-13,16H2,1H3. The van der Waals surface area contributed by atoms with Gasteiger partial charge in [0, 0.05) is 36.9 Å². The van der Waals surface area contributed by atoms with Crippen molar-refractivity contribution in [2.45, 2.75) is 44.1 Å². The summed E-state index contributed by atoms with van der Waals surface area (Å²) in [5, 5.41) is 0. The van der Waals surface area contributed by atoms with Crippen LogP contribution >= 0.6 is 0 Å². The monoisotopic (exact) mass is 247 g/mol. The summed E-state index contributed by atoms with van der Waals surface area (Å²) in [6.07, 6.45) is 9.41. The summed E-state index contributed by atoms with van der Waals surface area (Å²) in [6, 6.07) is 6.13. The first kappa shape index (κ1) is 13.5. The minimum atomic E-state index is 0.243. The fraction of sp³-hybridized carbons (Fsp3) is 0.667. The van der Waals surface area contributed by atoms with E-state index in [2.05, 4.69) is 29.1 Å². The second kappa shape index (κ2) is 6.30. The van der Waals surface area contributed by atoms with E-state index in [1.165, 1.54) is 37.8 Å². The number of aromatic nitrogens is 1. The van der Waals surface area contributed by atoms with Gasteiger partial charge in [-0.2, -0.15) is 0 Å². The normalized spacial score (nSPS) is 19.1. The Morgan fingerprint density at radius 2 is 2.06 bits per heavy atom. The Morgan fingerprint density at radius 3 is 2.67 bits per heavy atom. The molecule has 3 nitrogen and oxygen atoms in total. The number of hydrogen-bond acceptors (Lipinski definition) is 3. The van der Waals surface area contributed by atoms with Crippen LogP contribution in [0.4, 0.5) is 0 Å². The molecule has 18 heavy (non-hydrogen) atoms. The van der Waals surface area contributed by atoms with Crippen molar-refractivity contribution in [1.82, 2.24) is 9.88 Å². The highest BCUT2D eigenvalue weighted by molar-refractivity contribution is 5.04. The molecule has 0 unspecified atom stereocenters. The lowest BCUT2D eigenvalue weighted by atomic mass is 9.80. The van der Waals surface area contributed by atoms with E-state index < -0.39 is 0 Å². The van der Waals surface area contributed by atoms with Gasteiger partial charge >= 0.3 is 0 Å². The van der Waals surface area contributed by atoms with E-state index in [1.54, 1.807) is 0 Å². The number of rotatable bonds is 5. The third-order valence-corrected chi connectivity index (χ3v) is 4.40. The Kier molecular flexibility index (Phi) is 4.72. The van der Waals surface area contributed by atoms with E-state index in [4.69, 9.17) is 5.73 Å². The van der Waals surface area contributed by atoms with Crippen molar-refractivity contribution < 1.29 is 0 Å². The summed E-state index contributed by atoms with van der Waals surface area (Å²) in [7, 11) is 2.22. The van der Waals surface area contributed by atoms with Crippen molar-refractivity contribution in [3.8, 4) is 0 Å². The Hall–Kier alpha value is -0.930. The summed E-state index contributed by atoms with van der Waals surface area (Å²) in [6.45, 7) is 1.83. The molecule has 1 aliphatic rings. The van der Waals surface area contributed by atoms with Gasteiger partial charge < -0.3 is 5.73 Å². The lowest BCUT2D eigenvalue weighted by Crippen LogP contribution is -2.53. The lowest BCUT2D eigenvalue weighted by molar-refractivity contribution is 0.0836. The van der Waals surface area contributed by atoms with Crippen molar-refractivity contribution in [2.24, 2.45) is 5.73 Å². The first-order valence-electron chi connectivity index (χ1n) is 7.08. The zero-order chi connectivity index (χ0) is 12.8. The van der Waals surface area contributed by atoms with Crippen LogP contribution in [0, 0.1) is 0 Å². The van der Waals surface area contributed by atoms with Crippen LogP contribution < -0.4 is 5.73 Å². The molecule has 100 valence electrons. The van der Waals surface area contributed by atoms with Gasteiger partial charge in [-0.1, -0.05) is 25.3 Å². The molecule has 3 heteroatoms. The quantitative estimate of drug-likeness (QED) is 0.867. The Labute approximate surface area is 110 Å². The maximum atomic E-state index is 6.05. The molecular weight excluding hydrogens is 222 g/mol. The predicted molar refractivity (Wildman–Crippen MR) is 75.4 cm³/mol. The number of nitrogens with zero attached hydrogens (tertiary/aromatic N) is 2. The van der Waals surface area contributed by atoms with Gasteiger partial charge in [-0.15, -0.1) is 0 Å². The summed E-state index contributed by atoms with van der Waals surface area (Å²) in [5.41, 5.74) is 7.47. The van der Waals surface area contributed by atoms with Gasteiger partial charge in [0.15, 0.2) is 0 Å². The van der Waals surface area contributed by atoms with E-state index in [1.807, 2.05) is 12.3 Å². The average molecular weight is 247 g/mol. The number of nitrogens with two attached hydrogens (primary N) is 1. The van der Waals surface area contributed by atoms with Gasteiger partial charge in [0.05, 0.1) is 0 Å². The fourth-order valence-electron chi connectivity index (χ4n) is 3.02. The molecule has 1 fully saturated rings. The molecule has 0 saturated heterocycles.